The molecule has 130 valence electrons. The van der Waals surface area contributed by atoms with Gasteiger partial charge >= 0.3 is 0 Å². The molecule has 1 heterocycles. The second-order valence-electron chi connectivity index (χ2n) is 6.14. The molecule has 0 saturated heterocycles. The number of hydrogen-bond donors (Lipinski definition) is 2. The van der Waals surface area contributed by atoms with Gasteiger partial charge in [0, 0.05) is 29.6 Å². The first kappa shape index (κ1) is 18.4. The van der Waals surface area contributed by atoms with Crippen LogP contribution in [0.5, 0.6) is 0 Å². The minimum absolute atomic E-state index is 0.175. The summed E-state index contributed by atoms with van der Waals surface area (Å²) in [5, 5.41) is 11.1. The van der Waals surface area contributed by atoms with E-state index in [1.807, 2.05) is 59.2 Å². The molecule has 24 heavy (non-hydrogen) atoms. The SMILES string of the molecule is CCNC(=NCc1cnn(-c2ccccc2)c1)NCC(C)(C)SC. The van der Waals surface area contributed by atoms with Crippen molar-refractivity contribution < 1.29 is 0 Å². The number of nitrogens with one attached hydrogen (secondary N) is 2. The van der Waals surface area contributed by atoms with Crippen molar-refractivity contribution >= 4 is 17.7 Å². The van der Waals surface area contributed by atoms with Gasteiger partial charge in [0.05, 0.1) is 18.4 Å². The maximum atomic E-state index is 4.66. The van der Waals surface area contributed by atoms with Crippen molar-refractivity contribution in [3.05, 3.63) is 48.3 Å². The zero-order valence-corrected chi connectivity index (χ0v) is 15.7. The highest BCUT2D eigenvalue weighted by Gasteiger charge is 2.16. The van der Waals surface area contributed by atoms with Crippen molar-refractivity contribution in [3.63, 3.8) is 0 Å². The molecule has 0 unspecified atom stereocenters. The van der Waals surface area contributed by atoms with Gasteiger partial charge < -0.3 is 10.6 Å². The van der Waals surface area contributed by atoms with Gasteiger partial charge in [-0.3, -0.25) is 0 Å². The van der Waals surface area contributed by atoms with E-state index in [0.717, 1.165) is 30.3 Å². The maximum absolute atomic E-state index is 4.66. The summed E-state index contributed by atoms with van der Waals surface area (Å²) in [6.45, 7) is 8.82. The molecule has 0 aliphatic carbocycles. The molecule has 2 aromatic rings. The van der Waals surface area contributed by atoms with E-state index in [-0.39, 0.29) is 4.75 Å². The monoisotopic (exact) mass is 345 g/mol. The average Bonchev–Trinajstić information content (AvgIpc) is 3.07. The molecule has 0 saturated carbocycles. The van der Waals surface area contributed by atoms with Gasteiger partial charge in [-0.05, 0) is 39.2 Å². The number of para-hydroxylation sites is 1. The molecule has 0 aliphatic rings. The van der Waals surface area contributed by atoms with Crippen molar-refractivity contribution in [3.8, 4) is 5.69 Å². The molecule has 2 rings (SSSR count). The second kappa shape index (κ2) is 8.78. The molecule has 2 N–H and O–H groups in total. The number of aromatic nitrogens is 2. The predicted molar refractivity (Wildman–Crippen MR) is 104 cm³/mol. The van der Waals surface area contributed by atoms with E-state index in [1.165, 1.54) is 0 Å². The summed E-state index contributed by atoms with van der Waals surface area (Å²) in [5.41, 5.74) is 2.14. The van der Waals surface area contributed by atoms with Crippen LogP contribution in [0.2, 0.25) is 0 Å². The van der Waals surface area contributed by atoms with Crippen molar-refractivity contribution in [1.29, 1.82) is 0 Å². The number of hydrogen-bond acceptors (Lipinski definition) is 3. The molecular weight excluding hydrogens is 318 g/mol. The summed E-state index contributed by atoms with van der Waals surface area (Å²) in [7, 11) is 0. The molecule has 5 nitrogen and oxygen atoms in total. The van der Waals surface area contributed by atoms with Crippen LogP contribution in [-0.2, 0) is 6.54 Å². The first-order valence-corrected chi connectivity index (χ1v) is 9.43. The van der Waals surface area contributed by atoms with Gasteiger partial charge in [-0.15, -0.1) is 0 Å². The third kappa shape index (κ3) is 5.60. The van der Waals surface area contributed by atoms with Gasteiger partial charge in [0.15, 0.2) is 5.96 Å². The van der Waals surface area contributed by atoms with E-state index in [0.29, 0.717) is 6.54 Å². The Morgan fingerprint density at radius 2 is 2.00 bits per heavy atom. The molecule has 0 spiro atoms. The van der Waals surface area contributed by atoms with Gasteiger partial charge in [0.25, 0.3) is 0 Å². The standard InChI is InChI=1S/C18H27N5S/c1-5-19-17(21-14-18(2,3)24-4)20-11-15-12-22-23(13-15)16-9-7-6-8-10-16/h6-10,12-13H,5,11,14H2,1-4H3,(H2,19,20,21). The highest BCUT2D eigenvalue weighted by Crippen LogP contribution is 2.19. The van der Waals surface area contributed by atoms with E-state index >= 15 is 0 Å². The highest BCUT2D eigenvalue weighted by molar-refractivity contribution is 7.99. The van der Waals surface area contributed by atoms with Crippen LogP contribution in [-0.4, -0.2) is 39.8 Å². The molecule has 6 heteroatoms. The maximum Gasteiger partial charge on any atom is 0.191 e. The number of thioether (sulfide) groups is 1. The summed E-state index contributed by atoms with van der Waals surface area (Å²) in [5.74, 6) is 0.840. The lowest BCUT2D eigenvalue weighted by Gasteiger charge is -2.23. The van der Waals surface area contributed by atoms with E-state index in [1.54, 1.807) is 0 Å². The van der Waals surface area contributed by atoms with Crippen LogP contribution in [0.1, 0.15) is 26.3 Å². The molecular formula is C18H27N5S. The predicted octanol–water partition coefficient (Wildman–Crippen LogP) is 3.07. The fraction of sp³-hybridized carbons (Fsp3) is 0.444. The Kier molecular flexibility index (Phi) is 6.73. The molecule has 0 amide bonds. The van der Waals surface area contributed by atoms with Crippen molar-refractivity contribution in [2.45, 2.75) is 32.1 Å². The molecule has 0 aliphatic heterocycles. The first-order chi connectivity index (χ1) is 11.5. The number of nitrogens with zero attached hydrogens (tertiary/aromatic N) is 3. The molecule has 0 fully saturated rings. The first-order valence-electron chi connectivity index (χ1n) is 8.20. The van der Waals surface area contributed by atoms with Crippen molar-refractivity contribution in [2.75, 3.05) is 19.3 Å². The Hall–Kier alpha value is -1.95. The number of benzene rings is 1. The zero-order chi connectivity index (χ0) is 17.4. The normalized spacial score (nSPS) is 12.2. The Balaban J connectivity index is 2.00. The second-order valence-corrected chi connectivity index (χ2v) is 7.65. The number of aliphatic imine (C=N–C) groups is 1. The topological polar surface area (TPSA) is 54.2 Å². The molecule has 0 atom stereocenters. The van der Waals surface area contributed by atoms with Crippen molar-refractivity contribution in [1.82, 2.24) is 20.4 Å². The molecule has 0 bridgehead atoms. The summed E-state index contributed by atoms with van der Waals surface area (Å²) >= 11 is 1.84. The zero-order valence-electron chi connectivity index (χ0n) is 14.9. The van der Waals surface area contributed by atoms with Crippen LogP contribution in [0.25, 0.3) is 5.69 Å². The fourth-order valence-corrected chi connectivity index (χ4v) is 2.26. The Morgan fingerprint density at radius 1 is 1.25 bits per heavy atom. The van der Waals surface area contributed by atoms with Crippen LogP contribution in [0.4, 0.5) is 0 Å². The largest absolute Gasteiger partial charge is 0.357 e. The summed E-state index contributed by atoms with van der Waals surface area (Å²) in [6.07, 6.45) is 6.02. The quantitative estimate of drug-likeness (QED) is 0.598. The van der Waals surface area contributed by atoms with E-state index in [2.05, 4.69) is 47.8 Å². The summed E-state index contributed by atoms with van der Waals surface area (Å²) in [6, 6.07) is 10.1. The lowest BCUT2D eigenvalue weighted by molar-refractivity contribution is 0.665. The fourth-order valence-electron chi connectivity index (χ4n) is 2.04. The van der Waals surface area contributed by atoms with Crippen LogP contribution in [0.3, 0.4) is 0 Å². The van der Waals surface area contributed by atoms with Crippen molar-refractivity contribution in [2.24, 2.45) is 4.99 Å². The van der Waals surface area contributed by atoms with Gasteiger partial charge in [-0.1, -0.05) is 18.2 Å². The van der Waals surface area contributed by atoms with E-state index in [9.17, 15) is 0 Å². The Labute approximate surface area is 148 Å². The van der Waals surface area contributed by atoms with Gasteiger partial charge in [-0.2, -0.15) is 16.9 Å². The van der Waals surface area contributed by atoms with Gasteiger partial charge in [-0.25, -0.2) is 9.67 Å². The number of guanidine groups is 1. The van der Waals surface area contributed by atoms with Crippen LogP contribution < -0.4 is 10.6 Å². The number of rotatable bonds is 7. The third-order valence-electron chi connectivity index (χ3n) is 3.65. The summed E-state index contributed by atoms with van der Waals surface area (Å²) < 4.78 is 2.05. The Bertz CT molecular complexity index is 648. The average molecular weight is 346 g/mol. The molecule has 0 radical (unpaired) electrons. The van der Waals surface area contributed by atoms with Crippen LogP contribution in [0.15, 0.2) is 47.7 Å². The van der Waals surface area contributed by atoms with E-state index < -0.39 is 0 Å². The third-order valence-corrected chi connectivity index (χ3v) is 4.90. The van der Waals surface area contributed by atoms with E-state index in [4.69, 9.17) is 0 Å². The lowest BCUT2D eigenvalue weighted by atomic mass is 10.2. The van der Waals surface area contributed by atoms with Gasteiger partial charge in [0.2, 0.25) is 0 Å². The Morgan fingerprint density at radius 3 is 2.67 bits per heavy atom. The smallest absolute Gasteiger partial charge is 0.191 e. The van der Waals surface area contributed by atoms with Crippen LogP contribution >= 0.6 is 11.8 Å². The lowest BCUT2D eigenvalue weighted by Crippen LogP contribution is -2.43. The van der Waals surface area contributed by atoms with Crippen LogP contribution in [0, 0.1) is 0 Å². The molecule has 1 aromatic carbocycles. The minimum atomic E-state index is 0.175. The summed E-state index contributed by atoms with van der Waals surface area (Å²) in [4.78, 5) is 4.66. The minimum Gasteiger partial charge on any atom is -0.357 e. The van der Waals surface area contributed by atoms with Gasteiger partial charge in [0.1, 0.15) is 0 Å². The molecule has 1 aromatic heterocycles. The highest BCUT2D eigenvalue weighted by atomic mass is 32.2.